The third kappa shape index (κ3) is 6.91. The molecule has 1 amide bonds. The fraction of sp³-hybridized carbons (Fsp3) is 0.333. The van der Waals surface area contributed by atoms with Crippen LogP contribution in [0.15, 0.2) is 45.8 Å². The lowest BCUT2D eigenvalue weighted by molar-refractivity contribution is -0.145. The minimum atomic E-state index is -0.454. The number of anilines is 1. The van der Waals surface area contributed by atoms with Crippen LogP contribution in [0.1, 0.15) is 31.9 Å². The summed E-state index contributed by atoms with van der Waals surface area (Å²) in [6, 6.07) is 11.6. The van der Waals surface area contributed by atoms with Crippen molar-refractivity contribution >= 4 is 51.3 Å². The molecule has 1 aliphatic rings. The van der Waals surface area contributed by atoms with Crippen LogP contribution in [0.3, 0.4) is 0 Å². The second-order valence-corrected chi connectivity index (χ2v) is 9.02. The molecule has 1 fully saturated rings. The Morgan fingerprint density at radius 2 is 1.85 bits per heavy atom. The molecule has 7 nitrogen and oxygen atoms in total. The van der Waals surface area contributed by atoms with E-state index in [9.17, 15) is 9.59 Å². The number of thioether (sulfide) groups is 1. The van der Waals surface area contributed by atoms with Crippen molar-refractivity contribution in [3.8, 4) is 11.5 Å². The lowest BCUT2D eigenvalue weighted by Crippen LogP contribution is -2.30. The summed E-state index contributed by atoms with van der Waals surface area (Å²) in [4.78, 5) is 24.8. The van der Waals surface area contributed by atoms with Crippen molar-refractivity contribution in [3.63, 3.8) is 0 Å². The Hall–Kier alpha value is -2.65. The van der Waals surface area contributed by atoms with Gasteiger partial charge in [0.25, 0.3) is 5.91 Å². The van der Waals surface area contributed by atoms with Gasteiger partial charge in [-0.05, 0) is 61.7 Å². The zero-order valence-electron chi connectivity index (χ0n) is 18.8. The lowest BCUT2D eigenvalue weighted by atomic mass is 10.1. The number of carbonyl (C=O) groups is 2. The van der Waals surface area contributed by atoms with Gasteiger partial charge in [0, 0.05) is 10.2 Å². The molecule has 33 heavy (non-hydrogen) atoms. The molecule has 1 heterocycles. The Kier molecular flexibility index (Phi) is 9.08. The maximum Gasteiger partial charge on any atom is 0.344 e. The summed E-state index contributed by atoms with van der Waals surface area (Å²) < 4.78 is 16.9. The van der Waals surface area contributed by atoms with Crippen molar-refractivity contribution in [2.75, 3.05) is 25.1 Å². The molecule has 0 saturated carbocycles. The fourth-order valence-corrected chi connectivity index (χ4v) is 4.49. The molecule has 2 N–H and O–H groups in total. The van der Waals surface area contributed by atoms with E-state index < -0.39 is 5.97 Å². The first-order valence-corrected chi connectivity index (χ1v) is 12.4. The Bertz CT molecular complexity index is 1030. The number of halogens is 1. The van der Waals surface area contributed by atoms with Gasteiger partial charge in [0.15, 0.2) is 23.6 Å². The van der Waals surface area contributed by atoms with Crippen LogP contribution in [-0.2, 0) is 20.7 Å². The van der Waals surface area contributed by atoms with Crippen LogP contribution in [-0.4, -0.2) is 37.2 Å². The molecule has 0 unspecified atom stereocenters. The van der Waals surface area contributed by atoms with Gasteiger partial charge in [0.2, 0.25) is 0 Å². The third-order valence-corrected chi connectivity index (χ3v) is 6.41. The van der Waals surface area contributed by atoms with Crippen LogP contribution in [0.2, 0.25) is 0 Å². The number of carbonyl (C=O) groups excluding carboxylic acids is 2. The number of aryl methyl sites for hydroxylation is 1. The number of rotatable bonds is 10. The highest BCUT2D eigenvalue weighted by Gasteiger charge is 2.27. The summed E-state index contributed by atoms with van der Waals surface area (Å²) >= 11 is 4.93. The van der Waals surface area contributed by atoms with Gasteiger partial charge in [-0.1, -0.05) is 46.7 Å². The molecule has 0 aromatic heterocycles. The van der Waals surface area contributed by atoms with Crippen molar-refractivity contribution in [2.24, 2.45) is 0 Å². The summed E-state index contributed by atoms with van der Waals surface area (Å²) in [6.45, 7) is 6.20. The van der Waals surface area contributed by atoms with Crippen molar-refractivity contribution in [2.45, 2.75) is 32.7 Å². The molecule has 1 saturated heterocycles. The normalized spacial score (nSPS) is 16.4. The van der Waals surface area contributed by atoms with E-state index in [1.807, 2.05) is 19.1 Å². The quantitative estimate of drug-likeness (QED) is 0.329. The number of hydrogen-bond donors (Lipinski definition) is 2. The molecule has 9 heteroatoms. The second-order valence-electron chi connectivity index (χ2n) is 7.02. The summed E-state index contributed by atoms with van der Waals surface area (Å²) in [5.41, 5.74) is 2.68. The monoisotopic (exact) mass is 534 g/mol. The van der Waals surface area contributed by atoms with Gasteiger partial charge in [-0.25, -0.2) is 4.79 Å². The predicted octanol–water partition coefficient (Wildman–Crippen LogP) is 4.95. The summed E-state index contributed by atoms with van der Waals surface area (Å²) in [5.74, 6) is 0.280. The van der Waals surface area contributed by atoms with E-state index in [0.29, 0.717) is 27.5 Å². The van der Waals surface area contributed by atoms with E-state index in [-0.39, 0.29) is 24.6 Å². The highest BCUT2D eigenvalue weighted by Crippen LogP contribution is 2.37. The molecule has 1 atom stereocenters. The van der Waals surface area contributed by atoms with E-state index in [2.05, 4.69) is 45.6 Å². The fourth-order valence-electron chi connectivity index (χ4n) is 3.08. The average Bonchev–Trinajstić information content (AvgIpc) is 3.14. The van der Waals surface area contributed by atoms with Crippen molar-refractivity contribution in [1.82, 2.24) is 5.32 Å². The van der Waals surface area contributed by atoms with Crippen molar-refractivity contribution in [3.05, 3.63) is 56.9 Å². The molecular formula is C24H27BrN2O5S. The molecule has 176 valence electrons. The number of benzene rings is 2. The van der Waals surface area contributed by atoms with Crippen LogP contribution in [0.25, 0.3) is 6.08 Å². The zero-order valence-corrected chi connectivity index (χ0v) is 21.2. The lowest BCUT2D eigenvalue weighted by Gasteiger charge is -2.14. The summed E-state index contributed by atoms with van der Waals surface area (Å²) in [7, 11) is 0. The van der Waals surface area contributed by atoms with Crippen molar-refractivity contribution < 1.29 is 23.8 Å². The zero-order chi connectivity index (χ0) is 23.8. The summed E-state index contributed by atoms with van der Waals surface area (Å²) in [5, 5.41) is 6.26. The van der Waals surface area contributed by atoms with E-state index in [0.717, 1.165) is 17.7 Å². The van der Waals surface area contributed by atoms with Crippen molar-refractivity contribution in [1.29, 1.82) is 0 Å². The molecule has 1 aliphatic heterocycles. The topological polar surface area (TPSA) is 85.9 Å². The standard InChI is InChI=1S/C24H27BrN2O5S/c1-4-15-7-9-17(10-8-15)26-24-27-23(29)21(33-24)12-16-11-19(30-5-2)20(13-18(16)25)32-14-22(28)31-6-3/h7-13,24,26H,4-6,14H2,1-3H3,(H,27,29)/b21-12-/t24-/m0/s1. The largest absolute Gasteiger partial charge is 0.490 e. The SMILES string of the molecule is CCOC(=O)COc1cc(Br)c(/C=C2\S[C@@H](Nc3ccc(CC)cc3)NC2=O)cc1OCC. The molecule has 2 aromatic rings. The molecule has 0 aliphatic carbocycles. The highest BCUT2D eigenvalue weighted by atomic mass is 79.9. The molecule has 0 bridgehead atoms. The number of nitrogens with one attached hydrogen (secondary N) is 2. The predicted molar refractivity (Wildman–Crippen MR) is 134 cm³/mol. The average molecular weight is 535 g/mol. The molecular weight excluding hydrogens is 508 g/mol. The van der Waals surface area contributed by atoms with Gasteiger partial charge in [-0.15, -0.1) is 0 Å². The number of amides is 1. The smallest absolute Gasteiger partial charge is 0.344 e. The third-order valence-electron chi connectivity index (χ3n) is 4.69. The Balaban J connectivity index is 1.74. The summed E-state index contributed by atoms with van der Waals surface area (Å²) in [6.07, 6.45) is 2.77. The Labute approximate surface area is 206 Å². The van der Waals surface area contributed by atoms with Gasteiger partial charge >= 0.3 is 5.97 Å². The van der Waals surface area contributed by atoms with Crippen LogP contribution in [0, 0.1) is 0 Å². The Morgan fingerprint density at radius 1 is 1.12 bits per heavy atom. The van der Waals surface area contributed by atoms with Gasteiger partial charge in [-0.2, -0.15) is 0 Å². The number of esters is 1. The van der Waals surface area contributed by atoms with Gasteiger partial charge in [0.05, 0.1) is 18.1 Å². The first-order valence-electron chi connectivity index (χ1n) is 10.7. The highest BCUT2D eigenvalue weighted by molar-refractivity contribution is 9.10. The minimum absolute atomic E-state index is 0.157. The van der Waals surface area contributed by atoms with E-state index in [1.54, 1.807) is 25.1 Å². The van der Waals surface area contributed by atoms with Crippen LogP contribution in [0.5, 0.6) is 11.5 Å². The molecule has 3 rings (SSSR count). The molecule has 2 aromatic carbocycles. The molecule has 0 radical (unpaired) electrons. The van der Waals surface area contributed by atoms with Crippen LogP contribution < -0.4 is 20.1 Å². The van der Waals surface area contributed by atoms with Crippen LogP contribution >= 0.6 is 27.7 Å². The van der Waals surface area contributed by atoms with Gasteiger partial charge in [0.1, 0.15) is 0 Å². The van der Waals surface area contributed by atoms with Gasteiger partial charge in [-0.3, -0.25) is 4.79 Å². The number of hydrogen-bond acceptors (Lipinski definition) is 7. The van der Waals surface area contributed by atoms with Gasteiger partial charge < -0.3 is 24.8 Å². The Morgan fingerprint density at radius 3 is 2.52 bits per heavy atom. The maximum atomic E-state index is 12.5. The number of ether oxygens (including phenoxy) is 3. The van der Waals surface area contributed by atoms with Crippen LogP contribution in [0.4, 0.5) is 5.69 Å². The maximum absolute atomic E-state index is 12.5. The first-order chi connectivity index (χ1) is 15.9. The second kappa shape index (κ2) is 12.0. The molecule has 0 spiro atoms. The first kappa shape index (κ1) is 25.0. The van der Waals surface area contributed by atoms with E-state index in [1.165, 1.54) is 17.3 Å². The minimum Gasteiger partial charge on any atom is -0.490 e. The van der Waals surface area contributed by atoms with E-state index >= 15 is 0 Å². The van der Waals surface area contributed by atoms with E-state index in [4.69, 9.17) is 14.2 Å².